The van der Waals surface area contributed by atoms with Gasteiger partial charge in [-0.1, -0.05) is 6.07 Å². The molecule has 1 aliphatic rings. The lowest BCUT2D eigenvalue weighted by atomic mass is 9.96. The molecule has 3 heteroatoms. The highest BCUT2D eigenvalue weighted by molar-refractivity contribution is 5.31. The molecule has 0 amide bonds. The van der Waals surface area contributed by atoms with Gasteiger partial charge in [0.25, 0.3) is 0 Å². The van der Waals surface area contributed by atoms with Crippen LogP contribution in [0.1, 0.15) is 23.7 Å². The van der Waals surface area contributed by atoms with E-state index in [4.69, 9.17) is 9.84 Å². The Hall–Kier alpha value is -0.930. The number of aliphatic hydroxyl groups excluding tert-OH is 1. The first-order valence-corrected chi connectivity index (χ1v) is 4.82. The van der Waals surface area contributed by atoms with Crippen LogP contribution in [0.4, 0.5) is 4.39 Å². The summed E-state index contributed by atoms with van der Waals surface area (Å²) in [5, 5.41) is 8.84. The number of hydrogen-bond acceptors (Lipinski definition) is 2. The fourth-order valence-corrected chi connectivity index (χ4v) is 1.86. The average molecular weight is 196 g/mol. The predicted octanol–water partition coefficient (Wildman–Crippen LogP) is 1.82. The van der Waals surface area contributed by atoms with Crippen molar-refractivity contribution in [1.29, 1.82) is 0 Å². The van der Waals surface area contributed by atoms with E-state index in [1.165, 1.54) is 6.07 Å². The lowest BCUT2D eigenvalue weighted by molar-refractivity contribution is 0.0252. The number of fused-ring (bicyclic) bond motifs is 1. The van der Waals surface area contributed by atoms with Gasteiger partial charge in [-0.05, 0) is 29.7 Å². The smallest absolute Gasteiger partial charge is 0.123 e. The maximum absolute atomic E-state index is 12.9. The van der Waals surface area contributed by atoms with E-state index in [1.54, 1.807) is 12.1 Å². The molecule has 1 aromatic carbocycles. The summed E-state index contributed by atoms with van der Waals surface area (Å²) >= 11 is 0. The van der Waals surface area contributed by atoms with E-state index in [2.05, 4.69) is 0 Å². The van der Waals surface area contributed by atoms with Crippen molar-refractivity contribution in [2.45, 2.75) is 18.9 Å². The SMILES string of the molecule is OCCC1OCCc2cc(F)ccc21. The Kier molecular flexibility index (Phi) is 2.79. The van der Waals surface area contributed by atoms with Crippen LogP contribution in [0.3, 0.4) is 0 Å². The van der Waals surface area contributed by atoms with Gasteiger partial charge in [0, 0.05) is 13.0 Å². The molecule has 1 aromatic rings. The fourth-order valence-electron chi connectivity index (χ4n) is 1.86. The van der Waals surface area contributed by atoms with Crippen molar-refractivity contribution < 1.29 is 14.2 Å². The largest absolute Gasteiger partial charge is 0.396 e. The molecule has 76 valence electrons. The van der Waals surface area contributed by atoms with Gasteiger partial charge in [-0.3, -0.25) is 0 Å². The van der Waals surface area contributed by atoms with Crippen molar-refractivity contribution in [1.82, 2.24) is 0 Å². The lowest BCUT2D eigenvalue weighted by Crippen LogP contribution is -2.17. The first-order valence-electron chi connectivity index (χ1n) is 4.82. The topological polar surface area (TPSA) is 29.5 Å². The molecular formula is C11H13FO2. The standard InChI is InChI=1S/C11H13FO2/c12-9-1-2-10-8(7-9)4-6-14-11(10)3-5-13/h1-2,7,11,13H,3-6H2. The molecule has 0 aromatic heterocycles. The summed E-state index contributed by atoms with van der Waals surface area (Å²) in [6.45, 7) is 0.711. The van der Waals surface area contributed by atoms with E-state index in [0.29, 0.717) is 13.0 Å². The summed E-state index contributed by atoms with van der Waals surface area (Å²) in [6, 6.07) is 4.75. The van der Waals surface area contributed by atoms with Gasteiger partial charge >= 0.3 is 0 Å². The van der Waals surface area contributed by atoms with Crippen LogP contribution in [0.25, 0.3) is 0 Å². The van der Waals surface area contributed by atoms with Crippen molar-refractivity contribution in [2.75, 3.05) is 13.2 Å². The molecule has 0 fully saturated rings. The zero-order valence-electron chi connectivity index (χ0n) is 7.87. The summed E-state index contributed by atoms with van der Waals surface area (Å²) in [5.41, 5.74) is 2.03. The maximum Gasteiger partial charge on any atom is 0.123 e. The Bertz CT molecular complexity index is 325. The summed E-state index contributed by atoms with van der Waals surface area (Å²) < 4.78 is 18.4. The zero-order chi connectivity index (χ0) is 9.97. The second kappa shape index (κ2) is 4.07. The fraction of sp³-hybridized carbons (Fsp3) is 0.455. The van der Waals surface area contributed by atoms with Gasteiger partial charge in [0.15, 0.2) is 0 Å². The minimum Gasteiger partial charge on any atom is -0.396 e. The maximum atomic E-state index is 12.9. The third-order valence-electron chi connectivity index (χ3n) is 2.53. The van der Waals surface area contributed by atoms with Crippen molar-refractivity contribution in [3.05, 3.63) is 35.1 Å². The van der Waals surface area contributed by atoms with E-state index in [0.717, 1.165) is 17.5 Å². The van der Waals surface area contributed by atoms with Crippen LogP contribution in [0.15, 0.2) is 18.2 Å². The monoisotopic (exact) mass is 196 g/mol. The molecule has 1 aliphatic heterocycles. The lowest BCUT2D eigenvalue weighted by Gasteiger charge is -2.25. The molecule has 14 heavy (non-hydrogen) atoms. The Morgan fingerprint density at radius 3 is 3.14 bits per heavy atom. The molecule has 1 N–H and O–H groups in total. The third-order valence-corrected chi connectivity index (χ3v) is 2.53. The molecule has 0 aliphatic carbocycles. The van der Waals surface area contributed by atoms with Gasteiger partial charge in [-0.2, -0.15) is 0 Å². The summed E-state index contributed by atoms with van der Waals surface area (Å²) in [5.74, 6) is -0.201. The number of aliphatic hydroxyl groups is 1. The average Bonchev–Trinajstić information content (AvgIpc) is 2.18. The van der Waals surface area contributed by atoms with Gasteiger partial charge in [0.1, 0.15) is 5.82 Å². The molecular weight excluding hydrogens is 183 g/mol. The number of halogens is 1. The highest BCUT2D eigenvalue weighted by Gasteiger charge is 2.20. The second-order valence-electron chi connectivity index (χ2n) is 3.46. The quantitative estimate of drug-likeness (QED) is 0.781. The molecule has 0 bridgehead atoms. The summed E-state index contributed by atoms with van der Waals surface area (Å²) in [7, 11) is 0. The second-order valence-corrected chi connectivity index (χ2v) is 3.46. The van der Waals surface area contributed by atoms with Crippen molar-refractivity contribution in [3.63, 3.8) is 0 Å². The molecule has 2 rings (SSSR count). The summed E-state index contributed by atoms with van der Waals surface area (Å²) in [4.78, 5) is 0. The number of ether oxygens (including phenoxy) is 1. The van der Waals surface area contributed by atoms with Crippen LogP contribution in [-0.4, -0.2) is 18.3 Å². The predicted molar refractivity (Wildman–Crippen MR) is 50.5 cm³/mol. The van der Waals surface area contributed by atoms with Crippen LogP contribution in [-0.2, 0) is 11.2 Å². The van der Waals surface area contributed by atoms with Gasteiger partial charge in [-0.25, -0.2) is 4.39 Å². The highest BCUT2D eigenvalue weighted by atomic mass is 19.1. The Balaban J connectivity index is 2.30. The molecule has 0 saturated heterocycles. The Morgan fingerprint density at radius 1 is 1.50 bits per heavy atom. The van der Waals surface area contributed by atoms with Crippen LogP contribution >= 0.6 is 0 Å². The van der Waals surface area contributed by atoms with Crippen molar-refractivity contribution in [2.24, 2.45) is 0 Å². The Labute approximate surface area is 82.3 Å². The van der Waals surface area contributed by atoms with Crippen LogP contribution in [0, 0.1) is 5.82 Å². The van der Waals surface area contributed by atoms with E-state index >= 15 is 0 Å². The molecule has 1 unspecified atom stereocenters. The van der Waals surface area contributed by atoms with E-state index in [1.807, 2.05) is 0 Å². The molecule has 0 spiro atoms. The van der Waals surface area contributed by atoms with Gasteiger partial charge < -0.3 is 9.84 Å². The third kappa shape index (κ3) is 1.79. The number of rotatable bonds is 2. The minimum atomic E-state index is -0.201. The summed E-state index contributed by atoms with van der Waals surface area (Å²) in [6.07, 6.45) is 1.28. The van der Waals surface area contributed by atoms with E-state index in [9.17, 15) is 4.39 Å². The molecule has 0 radical (unpaired) electrons. The van der Waals surface area contributed by atoms with Crippen LogP contribution < -0.4 is 0 Å². The van der Waals surface area contributed by atoms with Crippen molar-refractivity contribution in [3.8, 4) is 0 Å². The first-order chi connectivity index (χ1) is 6.81. The molecule has 0 saturated carbocycles. The van der Waals surface area contributed by atoms with Crippen molar-refractivity contribution >= 4 is 0 Å². The molecule has 2 nitrogen and oxygen atoms in total. The van der Waals surface area contributed by atoms with Crippen LogP contribution in [0.5, 0.6) is 0 Å². The van der Waals surface area contributed by atoms with Gasteiger partial charge in [0.2, 0.25) is 0 Å². The number of hydrogen-bond donors (Lipinski definition) is 1. The van der Waals surface area contributed by atoms with E-state index in [-0.39, 0.29) is 18.5 Å². The molecule has 1 atom stereocenters. The molecule has 1 heterocycles. The minimum absolute atomic E-state index is 0.0654. The van der Waals surface area contributed by atoms with E-state index < -0.39 is 0 Å². The van der Waals surface area contributed by atoms with Gasteiger partial charge in [0.05, 0.1) is 12.7 Å². The first kappa shape index (κ1) is 9.62. The highest BCUT2D eigenvalue weighted by Crippen LogP contribution is 2.29. The number of benzene rings is 1. The normalized spacial score (nSPS) is 20.6. The Morgan fingerprint density at radius 2 is 2.36 bits per heavy atom. The van der Waals surface area contributed by atoms with Crippen LogP contribution in [0.2, 0.25) is 0 Å². The van der Waals surface area contributed by atoms with Gasteiger partial charge in [-0.15, -0.1) is 0 Å². The zero-order valence-corrected chi connectivity index (χ0v) is 7.87.